The van der Waals surface area contributed by atoms with E-state index in [1.54, 1.807) is 0 Å². The van der Waals surface area contributed by atoms with Gasteiger partial charge in [0.2, 0.25) is 0 Å². The second-order valence-corrected chi connectivity index (χ2v) is 9.10. The molecule has 4 heteroatoms. The number of carbonyl (C=O) groups excluding carboxylic acids is 1. The third-order valence-electron chi connectivity index (χ3n) is 6.30. The fourth-order valence-corrected chi connectivity index (χ4v) is 4.78. The molecule has 0 fully saturated rings. The molecular weight excluding hydrogens is 418 g/mol. The largest absolute Gasteiger partial charge is 0.351 e. The van der Waals surface area contributed by atoms with E-state index in [0.29, 0.717) is 6.54 Å². The van der Waals surface area contributed by atoms with Crippen molar-refractivity contribution in [3.8, 4) is 0 Å². The van der Waals surface area contributed by atoms with E-state index in [0.717, 1.165) is 48.1 Å². The van der Waals surface area contributed by atoms with E-state index in [1.165, 1.54) is 11.1 Å². The molecule has 0 aliphatic rings. The fourth-order valence-electron chi connectivity index (χ4n) is 4.78. The minimum absolute atomic E-state index is 0.00904. The lowest BCUT2D eigenvalue weighted by Crippen LogP contribution is -2.28. The van der Waals surface area contributed by atoms with E-state index in [2.05, 4.69) is 109 Å². The Labute approximate surface area is 203 Å². The number of nitrogens with zero attached hydrogens (tertiary/aromatic N) is 2. The van der Waals surface area contributed by atoms with Crippen LogP contribution in [-0.4, -0.2) is 42.6 Å². The van der Waals surface area contributed by atoms with Gasteiger partial charge in [-0.1, -0.05) is 85.8 Å². The first-order chi connectivity index (χ1) is 16.6. The summed E-state index contributed by atoms with van der Waals surface area (Å²) >= 11 is 0. The third-order valence-corrected chi connectivity index (χ3v) is 6.30. The molecule has 4 rings (SSSR count). The Morgan fingerprint density at radius 3 is 2.06 bits per heavy atom. The molecule has 3 aromatic carbocycles. The maximum atomic E-state index is 13.7. The second kappa shape index (κ2) is 11.2. The van der Waals surface area contributed by atoms with Crippen LogP contribution < -0.4 is 5.32 Å². The van der Waals surface area contributed by atoms with Gasteiger partial charge in [-0.3, -0.25) is 4.79 Å². The summed E-state index contributed by atoms with van der Waals surface area (Å²) in [6.45, 7) is 4.52. The molecular formula is C30H35N3O. The molecule has 34 heavy (non-hydrogen) atoms. The quantitative estimate of drug-likeness (QED) is 0.324. The number of para-hydroxylation sites is 1. The zero-order valence-electron chi connectivity index (χ0n) is 20.5. The van der Waals surface area contributed by atoms with Crippen molar-refractivity contribution in [1.29, 1.82) is 0 Å². The maximum absolute atomic E-state index is 13.7. The van der Waals surface area contributed by atoms with Crippen LogP contribution in [0.4, 0.5) is 0 Å². The van der Waals surface area contributed by atoms with Gasteiger partial charge in [0, 0.05) is 35.5 Å². The molecule has 1 aromatic heterocycles. The van der Waals surface area contributed by atoms with Crippen LogP contribution in [0.3, 0.4) is 0 Å². The van der Waals surface area contributed by atoms with Gasteiger partial charge in [0.05, 0.1) is 0 Å². The van der Waals surface area contributed by atoms with Gasteiger partial charge in [-0.15, -0.1) is 0 Å². The summed E-state index contributed by atoms with van der Waals surface area (Å²) in [4.78, 5) is 15.9. The van der Waals surface area contributed by atoms with Gasteiger partial charge in [-0.05, 0) is 50.7 Å². The van der Waals surface area contributed by atoms with Crippen LogP contribution in [0, 0.1) is 0 Å². The molecule has 1 N–H and O–H groups in total. The fraction of sp³-hybridized carbons (Fsp3) is 0.300. The zero-order valence-corrected chi connectivity index (χ0v) is 20.5. The summed E-state index contributed by atoms with van der Waals surface area (Å²) < 4.78 is 2.25. The average molecular weight is 454 g/mol. The number of aromatic nitrogens is 1. The Morgan fingerprint density at radius 2 is 1.47 bits per heavy atom. The monoisotopic (exact) mass is 453 g/mol. The van der Waals surface area contributed by atoms with Gasteiger partial charge in [0.15, 0.2) is 0 Å². The van der Waals surface area contributed by atoms with Crippen LogP contribution in [-0.2, 0) is 6.54 Å². The van der Waals surface area contributed by atoms with Crippen molar-refractivity contribution >= 4 is 16.8 Å². The van der Waals surface area contributed by atoms with Crippen molar-refractivity contribution in [3.05, 3.63) is 107 Å². The highest BCUT2D eigenvalue weighted by Crippen LogP contribution is 2.40. The van der Waals surface area contributed by atoms with Crippen molar-refractivity contribution < 1.29 is 4.79 Å². The Balaban J connectivity index is 1.98. The molecule has 1 heterocycles. The third kappa shape index (κ3) is 5.07. The normalized spacial score (nSPS) is 11.4. The molecule has 0 atom stereocenters. The highest BCUT2D eigenvalue weighted by atomic mass is 16.1. The van der Waals surface area contributed by atoms with Crippen molar-refractivity contribution in [2.45, 2.75) is 32.2 Å². The molecule has 1 amide bonds. The van der Waals surface area contributed by atoms with E-state index in [1.807, 2.05) is 12.1 Å². The van der Waals surface area contributed by atoms with Crippen LogP contribution in [0.5, 0.6) is 0 Å². The van der Waals surface area contributed by atoms with Gasteiger partial charge >= 0.3 is 0 Å². The first-order valence-corrected chi connectivity index (χ1v) is 12.3. The zero-order chi connectivity index (χ0) is 23.9. The number of nitrogens with one attached hydrogen (secondary N) is 1. The molecule has 4 nitrogen and oxygen atoms in total. The van der Waals surface area contributed by atoms with Crippen LogP contribution in [0.2, 0.25) is 0 Å². The molecule has 0 radical (unpaired) electrons. The first kappa shape index (κ1) is 23.8. The van der Waals surface area contributed by atoms with Crippen molar-refractivity contribution in [3.63, 3.8) is 0 Å². The molecule has 0 unspecified atom stereocenters. The average Bonchev–Trinajstić information content (AvgIpc) is 3.18. The number of rotatable bonds is 10. The summed E-state index contributed by atoms with van der Waals surface area (Å²) in [5.74, 6) is -0.0282. The van der Waals surface area contributed by atoms with E-state index in [4.69, 9.17) is 0 Å². The van der Waals surface area contributed by atoms with Crippen LogP contribution >= 0.6 is 0 Å². The molecule has 0 aliphatic heterocycles. The number of carbonyl (C=O) groups is 1. The Bertz CT molecular complexity index is 1170. The van der Waals surface area contributed by atoms with E-state index in [-0.39, 0.29) is 11.8 Å². The topological polar surface area (TPSA) is 37.3 Å². The Morgan fingerprint density at radius 1 is 0.882 bits per heavy atom. The van der Waals surface area contributed by atoms with Gasteiger partial charge in [0.1, 0.15) is 5.69 Å². The summed E-state index contributed by atoms with van der Waals surface area (Å²) in [6, 6.07) is 29.6. The lowest BCUT2D eigenvalue weighted by atomic mass is 9.83. The van der Waals surface area contributed by atoms with Gasteiger partial charge in [0.25, 0.3) is 5.91 Å². The van der Waals surface area contributed by atoms with Gasteiger partial charge in [-0.25, -0.2) is 0 Å². The molecule has 0 aliphatic carbocycles. The highest BCUT2D eigenvalue weighted by molar-refractivity contribution is 6.02. The molecule has 0 saturated carbocycles. The number of benzene rings is 3. The Kier molecular flexibility index (Phi) is 7.81. The van der Waals surface area contributed by atoms with Crippen molar-refractivity contribution in [1.82, 2.24) is 14.8 Å². The molecule has 0 spiro atoms. The SMILES string of the molecule is CCCNC(=O)c1c(C(c2ccccc2)c2ccccc2)c2ccccc2n1CCCN(C)C. The van der Waals surface area contributed by atoms with Gasteiger partial charge in [-0.2, -0.15) is 0 Å². The second-order valence-electron chi connectivity index (χ2n) is 9.10. The molecule has 4 aromatic rings. The number of hydrogen-bond donors (Lipinski definition) is 1. The summed E-state index contributed by atoms with van der Waals surface area (Å²) in [5.41, 5.74) is 5.37. The van der Waals surface area contributed by atoms with Crippen molar-refractivity contribution in [2.75, 3.05) is 27.2 Å². The van der Waals surface area contributed by atoms with E-state index in [9.17, 15) is 4.79 Å². The standard InChI is InChI=1S/C30H35N3O/c1-4-20-31-30(34)29-28(25-18-11-12-19-26(25)33(29)22-13-21-32(2)3)27(23-14-7-5-8-15-23)24-16-9-6-10-17-24/h5-12,14-19,27H,4,13,20-22H2,1-3H3,(H,31,34). The Hall–Kier alpha value is -3.37. The lowest BCUT2D eigenvalue weighted by molar-refractivity contribution is 0.0943. The summed E-state index contributed by atoms with van der Waals surface area (Å²) in [5, 5.41) is 4.32. The van der Waals surface area contributed by atoms with E-state index >= 15 is 0 Å². The summed E-state index contributed by atoms with van der Waals surface area (Å²) in [6.07, 6.45) is 1.88. The van der Waals surface area contributed by atoms with E-state index < -0.39 is 0 Å². The smallest absolute Gasteiger partial charge is 0.268 e. The minimum atomic E-state index is -0.0372. The van der Waals surface area contributed by atoms with Crippen LogP contribution in [0.25, 0.3) is 10.9 Å². The number of amides is 1. The number of aryl methyl sites for hydroxylation is 1. The van der Waals surface area contributed by atoms with Crippen LogP contribution in [0.1, 0.15) is 52.9 Å². The highest BCUT2D eigenvalue weighted by Gasteiger charge is 2.29. The number of fused-ring (bicyclic) bond motifs is 1. The van der Waals surface area contributed by atoms with Crippen molar-refractivity contribution in [2.24, 2.45) is 0 Å². The molecule has 0 bridgehead atoms. The van der Waals surface area contributed by atoms with Gasteiger partial charge < -0.3 is 14.8 Å². The summed E-state index contributed by atoms with van der Waals surface area (Å²) in [7, 11) is 4.18. The maximum Gasteiger partial charge on any atom is 0.268 e. The number of hydrogen-bond acceptors (Lipinski definition) is 2. The lowest BCUT2D eigenvalue weighted by Gasteiger charge is -2.21. The predicted molar refractivity (Wildman–Crippen MR) is 142 cm³/mol. The first-order valence-electron chi connectivity index (χ1n) is 12.3. The molecule has 0 saturated heterocycles. The molecule has 176 valence electrons. The minimum Gasteiger partial charge on any atom is -0.351 e. The van der Waals surface area contributed by atoms with Crippen LogP contribution in [0.15, 0.2) is 84.9 Å². The predicted octanol–water partition coefficient (Wildman–Crippen LogP) is 5.91.